The molecule has 0 atom stereocenters. The van der Waals surface area contributed by atoms with Crippen molar-refractivity contribution in [1.29, 1.82) is 0 Å². The predicted octanol–water partition coefficient (Wildman–Crippen LogP) is 2.12. The van der Waals surface area contributed by atoms with Crippen LogP contribution in [0.25, 0.3) is 11.0 Å². The van der Waals surface area contributed by atoms with Gasteiger partial charge in [-0.3, -0.25) is 4.68 Å². The Bertz CT molecular complexity index is 621. The molecule has 0 radical (unpaired) electrons. The van der Waals surface area contributed by atoms with Crippen LogP contribution >= 0.6 is 0 Å². The third-order valence-electron chi connectivity index (χ3n) is 2.63. The molecule has 0 saturated carbocycles. The number of aromatic nitrogens is 4. The Hall–Kier alpha value is -2.10. The van der Waals surface area contributed by atoms with E-state index in [-0.39, 0.29) is 0 Å². The number of fused-ring (bicyclic) bond motifs is 1. The van der Waals surface area contributed by atoms with Gasteiger partial charge in [-0.15, -0.1) is 0 Å². The normalized spacial score (nSPS) is 11.1. The molecular weight excluding hydrogens is 200 g/mol. The highest BCUT2D eigenvalue weighted by Crippen LogP contribution is 2.15. The summed E-state index contributed by atoms with van der Waals surface area (Å²) < 4.78 is 1.93. The maximum Gasteiger partial charge on any atom is 0.0933 e. The van der Waals surface area contributed by atoms with Crippen LogP contribution in [0, 0.1) is 6.92 Å². The highest BCUT2D eigenvalue weighted by atomic mass is 15.3. The van der Waals surface area contributed by atoms with Gasteiger partial charge in [0, 0.05) is 11.8 Å². The fourth-order valence-electron chi connectivity index (χ4n) is 1.88. The minimum absolute atomic E-state index is 0.760. The molecule has 2 heterocycles. The molecule has 0 aliphatic rings. The lowest BCUT2D eigenvalue weighted by Crippen LogP contribution is -2.00. The van der Waals surface area contributed by atoms with Gasteiger partial charge >= 0.3 is 0 Å². The van der Waals surface area contributed by atoms with Gasteiger partial charge in [-0.25, -0.2) is 4.98 Å². The summed E-state index contributed by atoms with van der Waals surface area (Å²) in [7, 11) is 0. The van der Waals surface area contributed by atoms with Crippen LogP contribution in [0.3, 0.4) is 0 Å². The van der Waals surface area contributed by atoms with Crippen LogP contribution in [0.15, 0.2) is 36.9 Å². The number of rotatable bonds is 2. The van der Waals surface area contributed by atoms with Crippen LogP contribution in [0.5, 0.6) is 0 Å². The Balaban J connectivity index is 2.03. The lowest BCUT2D eigenvalue weighted by molar-refractivity contribution is 0.689. The minimum Gasteiger partial charge on any atom is -0.345 e. The van der Waals surface area contributed by atoms with Crippen molar-refractivity contribution in [2.45, 2.75) is 13.5 Å². The smallest absolute Gasteiger partial charge is 0.0933 e. The van der Waals surface area contributed by atoms with Gasteiger partial charge in [-0.05, 0) is 18.6 Å². The van der Waals surface area contributed by atoms with Gasteiger partial charge in [0.15, 0.2) is 0 Å². The molecule has 0 saturated heterocycles. The quantitative estimate of drug-likeness (QED) is 0.707. The molecule has 3 rings (SSSR count). The predicted molar refractivity (Wildman–Crippen MR) is 62.2 cm³/mol. The highest BCUT2D eigenvalue weighted by molar-refractivity contribution is 5.78. The number of H-pyrrole nitrogens is 1. The minimum atomic E-state index is 0.760. The summed E-state index contributed by atoms with van der Waals surface area (Å²) in [4.78, 5) is 7.44. The van der Waals surface area contributed by atoms with Crippen LogP contribution in [0.2, 0.25) is 0 Å². The molecule has 0 aliphatic carbocycles. The Labute approximate surface area is 92.9 Å². The van der Waals surface area contributed by atoms with Crippen molar-refractivity contribution in [2.75, 3.05) is 0 Å². The molecule has 0 bridgehead atoms. The largest absolute Gasteiger partial charge is 0.345 e. The zero-order valence-corrected chi connectivity index (χ0v) is 9.01. The van der Waals surface area contributed by atoms with Crippen molar-refractivity contribution in [3.05, 3.63) is 48.0 Å². The van der Waals surface area contributed by atoms with Crippen LogP contribution in [-0.2, 0) is 6.54 Å². The molecule has 4 heteroatoms. The van der Waals surface area contributed by atoms with Crippen LogP contribution in [0.1, 0.15) is 11.1 Å². The Morgan fingerprint density at radius 1 is 1.38 bits per heavy atom. The molecule has 1 N–H and O–H groups in total. The summed E-state index contributed by atoms with van der Waals surface area (Å²) in [5.41, 5.74) is 4.45. The van der Waals surface area contributed by atoms with Gasteiger partial charge in [-0.1, -0.05) is 12.1 Å². The van der Waals surface area contributed by atoms with E-state index < -0.39 is 0 Å². The third kappa shape index (κ3) is 1.48. The van der Waals surface area contributed by atoms with Gasteiger partial charge < -0.3 is 4.98 Å². The van der Waals surface area contributed by atoms with Crippen molar-refractivity contribution < 1.29 is 0 Å². The molecule has 1 aromatic carbocycles. The van der Waals surface area contributed by atoms with E-state index in [4.69, 9.17) is 0 Å². The summed E-state index contributed by atoms with van der Waals surface area (Å²) >= 11 is 0. The van der Waals surface area contributed by atoms with Crippen molar-refractivity contribution in [1.82, 2.24) is 19.7 Å². The molecule has 0 spiro atoms. The average Bonchev–Trinajstić information content (AvgIpc) is 2.87. The Morgan fingerprint density at radius 3 is 3.12 bits per heavy atom. The van der Waals surface area contributed by atoms with Gasteiger partial charge in [-0.2, -0.15) is 5.10 Å². The number of nitrogens with zero attached hydrogens (tertiary/aromatic N) is 3. The van der Waals surface area contributed by atoms with E-state index >= 15 is 0 Å². The first-order valence-electron chi connectivity index (χ1n) is 5.23. The molecule has 4 nitrogen and oxygen atoms in total. The second-order valence-corrected chi connectivity index (χ2v) is 3.93. The number of aromatic amines is 1. The first-order chi connectivity index (χ1) is 7.83. The van der Waals surface area contributed by atoms with Crippen molar-refractivity contribution >= 4 is 11.0 Å². The molecule has 0 fully saturated rings. The molecule has 0 unspecified atom stereocenters. The van der Waals surface area contributed by atoms with Crippen LogP contribution in [-0.4, -0.2) is 19.7 Å². The van der Waals surface area contributed by atoms with Gasteiger partial charge in [0.2, 0.25) is 0 Å². The molecule has 80 valence electrons. The first-order valence-corrected chi connectivity index (χ1v) is 5.23. The molecule has 0 aliphatic heterocycles. The summed E-state index contributed by atoms with van der Waals surface area (Å²) in [5.74, 6) is 0. The van der Waals surface area contributed by atoms with E-state index in [1.165, 1.54) is 11.1 Å². The van der Waals surface area contributed by atoms with E-state index in [1.54, 1.807) is 6.33 Å². The number of para-hydroxylation sites is 1. The SMILES string of the molecule is Cc1cnn(Cc2cccc3[nH]cnc23)c1. The van der Waals surface area contributed by atoms with E-state index in [9.17, 15) is 0 Å². The monoisotopic (exact) mass is 212 g/mol. The summed E-state index contributed by atoms with van der Waals surface area (Å²) in [6, 6.07) is 6.15. The second kappa shape index (κ2) is 3.48. The van der Waals surface area contributed by atoms with E-state index in [0.717, 1.165) is 17.6 Å². The Morgan fingerprint density at radius 2 is 2.31 bits per heavy atom. The standard InChI is InChI=1S/C12H12N4/c1-9-5-15-16(6-9)7-10-3-2-4-11-12(10)14-8-13-11/h2-6,8H,7H2,1H3,(H,13,14). The fraction of sp³-hybridized carbons (Fsp3) is 0.167. The molecule has 16 heavy (non-hydrogen) atoms. The fourth-order valence-corrected chi connectivity index (χ4v) is 1.88. The number of hydrogen-bond donors (Lipinski definition) is 1. The zero-order valence-electron chi connectivity index (χ0n) is 9.01. The van der Waals surface area contributed by atoms with Crippen molar-refractivity contribution in [3.63, 3.8) is 0 Å². The number of aryl methyl sites for hydroxylation is 1. The number of nitrogens with one attached hydrogen (secondary N) is 1. The highest BCUT2D eigenvalue weighted by Gasteiger charge is 2.04. The van der Waals surface area contributed by atoms with Gasteiger partial charge in [0.25, 0.3) is 0 Å². The van der Waals surface area contributed by atoms with Crippen molar-refractivity contribution in [2.24, 2.45) is 0 Å². The van der Waals surface area contributed by atoms with Gasteiger partial charge in [0.05, 0.1) is 30.1 Å². The van der Waals surface area contributed by atoms with Gasteiger partial charge in [0.1, 0.15) is 0 Å². The number of benzene rings is 1. The topological polar surface area (TPSA) is 46.5 Å². The first kappa shape index (κ1) is 9.15. The second-order valence-electron chi connectivity index (χ2n) is 3.93. The van der Waals surface area contributed by atoms with E-state index in [2.05, 4.69) is 21.1 Å². The molecule has 0 amide bonds. The van der Waals surface area contributed by atoms with E-state index in [1.807, 2.05) is 36.1 Å². The number of imidazole rings is 1. The lowest BCUT2D eigenvalue weighted by Gasteiger charge is -2.02. The summed E-state index contributed by atoms with van der Waals surface area (Å²) in [6.07, 6.45) is 5.62. The van der Waals surface area contributed by atoms with Crippen LogP contribution < -0.4 is 0 Å². The molecular formula is C12H12N4. The lowest BCUT2D eigenvalue weighted by atomic mass is 10.2. The molecule has 2 aromatic heterocycles. The maximum absolute atomic E-state index is 4.32. The zero-order chi connectivity index (χ0) is 11.0. The third-order valence-corrected chi connectivity index (χ3v) is 2.63. The van der Waals surface area contributed by atoms with Crippen molar-refractivity contribution in [3.8, 4) is 0 Å². The van der Waals surface area contributed by atoms with E-state index in [0.29, 0.717) is 0 Å². The average molecular weight is 212 g/mol. The maximum atomic E-state index is 4.32. The Kier molecular flexibility index (Phi) is 1.99. The number of hydrogen-bond acceptors (Lipinski definition) is 2. The summed E-state index contributed by atoms with van der Waals surface area (Å²) in [5, 5.41) is 4.28. The van der Waals surface area contributed by atoms with Crippen LogP contribution in [0.4, 0.5) is 0 Å². The summed E-state index contributed by atoms with van der Waals surface area (Å²) in [6.45, 7) is 2.80. The molecule has 3 aromatic rings.